The summed E-state index contributed by atoms with van der Waals surface area (Å²) in [5.74, 6) is -0.501. The van der Waals surface area contributed by atoms with E-state index < -0.39 is 5.97 Å². The van der Waals surface area contributed by atoms with Crippen molar-refractivity contribution in [1.29, 1.82) is 0 Å². The third-order valence-electron chi connectivity index (χ3n) is 5.05. The Morgan fingerprint density at radius 2 is 1.66 bits per heavy atom. The van der Waals surface area contributed by atoms with Crippen LogP contribution in [0.15, 0.2) is 73.1 Å². The molecule has 4 rings (SSSR count). The molecule has 0 atom stereocenters. The fourth-order valence-electron chi connectivity index (χ4n) is 3.45. The highest BCUT2D eigenvalue weighted by Crippen LogP contribution is 2.21. The summed E-state index contributed by atoms with van der Waals surface area (Å²) in [5.41, 5.74) is 2.24. The Labute approximate surface area is 206 Å². The average Bonchev–Trinajstić information content (AvgIpc) is 3.05. The molecule has 0 aliphatic heterocycles. The highest BCUT2D eigenvalue weighted by molar-refractivity contribution is 6.39. The van der Waals surface area contributed by atoms with E-state index in [0.29, 0.717) is 29.1 Å². The van der Waals surface area contributed by atoms with E-state index in [4.69, 9.17) is 33.0 Å². The molecule has 0 bridgehead atoms. The molecule has 0 saturated carbocycles. The van der Waals surface area contributed by atoms with Crippen LogP contribution in [0.1, 0.15) is 11.1 Å². The van der Waals surface area contributed by atoms with Gasteiger partial charge in [-0.2, -0.15) is 0 Å². The molecule has 0 radical (unpaired) electrons. The van der Waals surface area contributed by atoms with E-state index in [1.54, 1.807) is 12.1 Å². The molecule has 0 aliphatic rings. The highest BCUT2D eigenvalue weighted by atomic mass is 79.9. The van der Waals surface area contributed by atoms with Crippen LogP contribution in [0, 0.1) is 0 Å². The lowest BCUT2D eigenvalue weighted by atomic mass is 10.1. The largest absolute Gasteiger partial charge is 1.00 e. The summed E-state index contributed by atoms with van der Waals surface area (Å²) in [6.45, 7) is 0.891. The summed E-state index contributed by atoms with van der Waals surface area (Å²) < 4.78 is 9.00. The van der Waals surface area contributed by atoms with E-state index in [1.165, 1.54) is 16.3 Å². The number of hydrogen-bond donors (Lipinski definition) is 1. The van der Waals surface area contributed by atoms with E-state index in [0.717, 1.165) is 12.0 Å². The van der Waals surface area contributed by atoms with Gasteiger partial charge in [0.25, 0.3) is 10.3 Å². The lowest BCUT2D eigenvalue weighted by molar-refractivity contribution is -0.693. The van der Waals surface area contributed by atoms with Gasteiger partial charge in [-0.3, -0.25) is 0 Å². The van der Waals surface area contributed by atoms with Crippen molar-refractivity contribution < 1.29 is 36.2 Å². The normalized spacial score (nSPS) is 10.7. The molecule has 0 fully saturated rings. The number of halogens is 3. The number of aromatic nitrogens is 2. The molecule has 5 nitrogen and oxygen atoms in total. The molecule has 166 valence electrons. The van der Waals surface area contributed by atoms with Crippen LogP contribution >= 0.6 is 23.2 Å². The lowest BCUT2D eigenvalue weighted by Crippen LogP contribution is -3.00. The van der Waals surface area contributed by atoms with E-state index in [1.807, 2.05) is 39.7 Å². The number of carboxylic acid groups (broad SMARTS) is 1. The summed E-state index contributed by atoms with van der Waals surface area (Å²) in [4.78, 5) is 10.6. The third kappa shape index (κ3) is 5.82. The van der Waals surface area contributed by atoms with Crippen molar-refractivity contribution in [2.45, 2.75) is 19.5 Å². The average molecular weight is 536 g/mol. The van der Waals surface area contributed by atoms with Crippen LogP contribution in [0.4, 0.5) is 0 Å². The van der Waals surface area contributed by atoms with Crippen molar-refractivity contribution in [3.63, 3.8) is 0 Å². The van der Waals surface area contributed by atoms with Crippen LogP contribution in [-0.2, 0) is 24.3 Å². The predicted molar refractivity (Wildman–Crippen MR) is 121 cm³/mol. The Morgan fingerprint density at radius 1 is 0.969 bits per heavy atom. The number of imidazole rings is 1. The molecule has 1 aromatic heterocycles. The van der Waals surface area contributed by atoms with Gasteiger partial charge in [0.15, 0.2) is 6.61 Å². The first-order valence-electron chi connectivity index (χ1n) is 9.84. The van der Waals surface area contributed by atoms with Gasteiger partial charge in [-0.15, -0.1) is 0 Å². The standard InChI is InChI=1S/C24H20Cl2N2O3.BrH/c25-23-24(26)28(14-18-6-9-21(10-7-18)31-15-22(29)30)16-27(23)12-11-17-5-8-19-3-1-2-4-20(19)13-17;/h1-10,13,16H,11-12,14-15H2;1H. The Morgan fingerprint density at radius 3 is 2.38 bits per heavy atom. The maximum atomic E-state index is 10.6. The summed E-state index contributed by atoms with van der Waals surface area (Å²) in [6.07, 6.45) is 2.76. The molecular formula is C24H21BrCl2N2O3. The molecule has 3 aromatic carbocycles. The maximum Gasteiger partial charge on any atom is 0.341 e. The highest BCUT2D eigenvalue weighted by Gasteiger charge is 2.20. The smallest absolute Gasteiger partial charge is 0.341 e. The Bertz CT molecular complexity index is 1230. The predicted octanol–water partition coefficient (Wildman–Crippen LogP) is 1.99. The van der Waals surface area contributed by atoms with Crippen molar-refractivity contribution >= 4 is 39.9 Å². The number of ether oxygens (including phenoxy) is 1. The molecule has 0 unspecified atom stereocenters. The molecule has 1 N–H and O–H groups in total. The summed E-state index contributed by atoms with van der Waals surface area (Å²) in [5, 5.41) is 12.1. The van der Waals surface area contributed by atoms with Crippen molar-refractivity contribution in [2.75, 3.05) is 6.61 Å². The van der Waals surface area contributed by atoms with E-state index in [9.17, 15) is 4.79 Å². The minimum Gasteiger partial charge on any atom is -1.00 e. The first-order valence-corrected chi connectivity index (χ1v) is 10.6. The van der Waals surface area contributed by atoms with Crippen LogP contribution in [-0.4, -0.2) is 22.2 Å². The van der Waals surface area contributed by atoms with Crippen LogP contribution in [0.5, 0.6) is 5.75 Å². The Hall–Kier alpha value is -2.54. The number of benzene rings is 3. The van der Waals surface area contributed by atoms with E-state index >= 15 is 0 Å². The minimum atomic E-state index is -1.01. The molecule has 0 amide bonds. The van der Waals surface area contributed by atoms with Gasteiger partial charge in [0, 0.05) is 6.42 Å². The van der Waals surface area contributed by atoms with Crippen molar-refractivity contribution in [2.24, 2.45) is 0 Å². The zero-order valence-electron chi connectivity index (χ0n) is 17.0. The van der Waals surface area contributed by atoms with Gasteiger partial charge in [0.2, 0.25) is 6.33 Å². The van der Waals surface area contributed by atoms with Crippen molar-refractivity contribution in [3.05, 3.63) is 94.5 Å². The fourth-order valence-corrected chi connectivity index (χ4v) is 3.90. The van der Waals surface area contributed by atoms with E-state index in [2.05, 4.69) is 30.3 Å². The third-order valence-corrected chi connectivity index (χ3v) is 5.94. The number of fused-ring (bicyclic) bond motifs is 1. The van der Waals surface area contributed by atoms with Crippen molar-refractivity contribution in [1.82, 2.24) is 4.57 Å². The van der Waals surface area contributed by atoms with E-state index in [-0.39, 0.29) is 23.6 Å². The van der Waals surface area contributed by atoms with Gasteiger partial charge in [-0.25, -0.2) is 13.9 Å². The summed E-state index contributed by atoms with van der Waals surface area (Å²) >= 11 is 12.9. The second-order valence-corrected chi connectivity index (χ2v) is 7.99. The molecule has 0 spiro atoms. The number of hydrogen-bond acceptors (Lipinski definition) is 2. The topological polar surface area (TPSA) is 55.3 Å². The van der Waals surface area contributed by atoms with Gasteiger partial charge < -0.3 is 26.8 Å². The second-order valence-electron chi connectivity index (χ2n) is 7.28. The number of rotatable bonds is 8. The van der Waals surface area contributed by atoms with Crippen LogP contribution in [0.2, 0.25) is 10.3 Å². The number of aliphatic carboxylic acids is 1. The molecule has 4 aromatic rings. The second kappa shape index (κ2) is 10.9. The molecule has 8 heteroatoms. The first kappa shape index (κ1) is 24.1. The van der Waals surface area contributed by atoms with Crippen molar-refractivity contribution in [3.8, 4) is 5.75 Å². The molecule has 32 heavy (non-hydrogen) atoms. The summed E-state index contributed by atoms with van der Waals surface area (Å²) in [6, 6.07) is 22.0. The SMILES string of the molecule is O=C(O)COc1ccc(Cn2c[n+](CCc3ccc4ccccc4c3)c(Cl)c2Cl)cc1.[Br-]. The Kier molecular flexibility index (Phi) is 8.18. The zero-order chi connectivity index (χ0) is 21.8. The molecule has 0 saturated heterocycles. The number of carbonyl (C=O) groups is 1. The Balaban J connectivity index is 0.00000289. The molecule has 1 heterocycles. The maximum absolute atomic E-state index is 10.6. The summed E-state index contributed by atoms with van der Waals surface area (Å²) in [7, 11) is 0. The fraction of sp³-hybridized carbons (Fsp3) is 0.167. The van der Waals surface area contributed by atoms with Crippen LogP contribution < -0.4 is 26.3 Å². The minimum absolute atomic E-state index is 0. The van der Waals surface area contributed by atoms with Gasteiger partial charge in [0.05, 0.1) is 6.54 Å². The lowest BCUT2D eigenvalue weighted by Gasteiger charge is -2.04. The van der Waals surface area contributed by atoms with Crippen LogP contribution in [0.3, 0.4) is 0 Å². The van der Waals surface area contributed by atoms with Gasteiger partial charge in [-0.1, -0.05) is 54.6 Å². The number of nitrogens with zero attached hydrogens (tertiary/aromatic N) is 2. The zero-order valence-corrected chi connectivity index (χ0v) is 20.1. The quantitative estimate of drug-likeness (QED) is 0.351. The number of aryl methyl sites for hydroxylation is 2. The van der Waals surface area contributed by atoms with Gasteiger partial charge >= 0.3 is 5.97 Å². The number of carboxylic acids is 1. The van der Waals surface area contributed by atoms with Crippen LogP contribution in [0.25, 0.3) is 10.8 Å². The molecule has 0 aliphatic carbocycles. The van der Waals surface area contributed by atoms with Gasteiger partial charge in [-0.05, 0) is 57.2 Å². The van der Waals surface area contributed by atoms with Gasteiger partial charge in [0.1, 0.15) is 12.3 Å². The monoisotopic (exact) mass is 534 g/mol. The first-order chi connectivity index (χ1) is 15.0. The molecular weight excluding hydrogens is 515 g/mol.